The number of halogens is 1. The van der Waals surface area contributed by atoms with Crippen LogP contribution in [0.2, 0.25) is 0 Å². The zero-order valence-corrected chi connectivity index (χ0v) is 21.9. The Bertz CT molecular complexity index is 1430. The molecular weight excluding hydrogens is 554 g/mol. The van der Waals surface area contributed by atoms with Crippen LogP contribution < -0.4 is 8.92 Å². The van der Waals surface area contributed by atoms with Crippen LogP contribution in [-0.4, -0.2) is 31.6 Å². The van der Waals surface area contributed by atoms with Crippen molar-refractivity contribution >= 4 is 55.0 Å². The third kappa shape index (κ3) is 5.61. The Morgan fingerprint density at radius 3 is 2.40 bits per heavy atom. The van der Waals surface area contributed by atoms with Gasteiger partial charge in [-0.05, 0) is 66.2 Å². The molecule has 1 aliphatic heterocycles. The van der Waals surface area contributed by atoms with E-state index in [2.05, 4.69) is 15.9 Å². The first kappa shape index (κ1) is 25.0. The highest BCUT2D eigenvalue weighted by molar-refractivity contribution is 9.10. The minimum absolute atomic E-state index is 0.00347. The molecular formula is C25H20BrNO6S2. The van der Waals surface area contributed by atoms with Crippen LogP contribution in [-0.2, 0) is 21.5 Å². The van der Waals surface area contributed by atoms with Crippen molar-refractivity contribution in [1.82, 2.24) is 4.90 Å². The van der Waals surface area contributed by atoms with Crippen LogP contribution in [0, 0.1) is 6.92 Å². The molecule has 0 spiro atoms. The van der Waals surface area contributed by atoms with Gasteiger partial charge in [0, 0.05) is 4.47 Å². The third-order valence-corrected chi connectivity index (χ3v) is 8.08. The number of amides is 2. The number of hydrogen-bond donors (Lipinski definition) is 0. The average molecular weight is 574 g/mol. The van der Waals surface area contributed by atoms with Gasteiger partial charge in [-0.3, -0.25) is 14.5 Å². The molecule has 0 unspecified atom stereocenters. The van der Waals surface area contributed by atoms with E-state index >= 15 is 0 Å². The molecule has 10 heteroatoms. The Labute approximate surface area is 216 Å². The molecule has 3 aromatic carbocycles. The second kappa shape index (κ2) is 10.3. The van der Waals surface area contributed by atoms with Crippen molar-refractivity contribution in [2.75, 3.05) is 7.11 Å². The fourth-order valence-electron chi connectivity index (χ4n) is 3.30. The summed E-state index contributed by atoms with van der Waals surface area (Å²) in [5.74, 6) is -0.254. The molecule has 4 rings (SSSR count). The standard InChI is InChI=1S/C25H20BrNO6S2/c1-16-7-10-19(11-8-16)35(30,31)33-22-13-17(9-12-21(22)32-2)14-23-24(28)27(25(29)34-23)15-18-5-3-4-6-20(18)26/h3-14H,15H2,1-2H3/b23-14-. The summed E-state index contributed by atoms with van der Waals surface area (Å²) in [6.07, 6.45) is 1.52. The van der Waals surface area contributed by atoms with Crippen molar-refractivity contribution < 1.29 is 26.9 Å². The Morgan fingerprint density at radius 1 is 1.00 bits per heavy atom. The largest absolute Gasteiger partial charge is 0.493 e. The summed E-state index contributed by atoms with van der Waals surface area (Å²) in [5, 5.41) is -0.385. The number of carbonyl (C=O) groups is 2. The number of hydrogen-bond acceptors (Lipinski definition) is 7. The summed E-state index contributed by atoms with van der Waals surface area (Å²) < 4.78 is 37.0. The summed E-state index contributed by atoms with van der Waals surface area (Å²) in [4.78, 5) is 26.9. The number of ether oxygens (including phenoxy) is 1. The molecule has 35 heavy (non-hydrogen) atoms. The van der Waals surface area contributed by atoms with Crippen molar-refractivity contribution in [2.24, 2.45) is 0 Å². The normalized spacial score (nSPS) is 15.1. The van der Waals surface area contributed by atoms with Crippen LogP contribution in [0.4, 0.5) is 4.79 Å². The molecule has 0 radical (unpaired) electrons. The molecule has 0 atom stereocenters. The number of benzene rings is 3. The second-order valence-electron chi connectivity index (χ2n) is 7.62. The van der Waals surface area contributed by atoms with E-state index in [0.717, 1.165) is 27.4 Å². The number of thioether (sulfide) groups is 1. The molecule has 0 aliphatic carbocycles. The van der Waals surface area contributed by atoms with E-state index in [-0.39, 0.29) is 33.1 Å². The summed E-state index contributed by atoms with van der Waals surface area (Å²) >= 11 is 4.25. The molecule has 0 bridgehead atoms. The lowest BCUT2D eigenvalue weighted by Gasteiger charge is -2.13. The highest BCUT2D eigenvalue weighted by Gasteiger charge is 2.35. The van der Waals surface area contributed by atoms with E-state index in [1.807, 2.05) is 31.2 Å². The summed E-state index contributed by atoms with van der Waals surface area (Å²) in [6.45, 7) is 1.99. The first-order valence-electron chi connectivity index (χ1n) is 10.4. The van der Waals surface area contributed by atoms with Crippen LogP contribution >= 0.6 is 27.7 Å². The van der Waals surface area contributed by atoms with Gasteiger partial charge in [-0.15, -0.1) is 0 Å². The van der Waals surface area contributed by atoms with E-state index in [4.69, 9.17) is 8.92 Å². The lowest BCUT2D eigenvalue weighted by molar-refractivity contribution is -0.123. The van der Waals surface area contributed by atoms with Crippen molar-refractivity contribution in [3.05, 3.63) is 92.8 Å². The summed E-state index contributed by atoms with van der Waals surface area (Å²) in [5.41, 5.74) is 2.20. The monoisotopic (exact) mass is 573 g/mol. The fraction of sp³-hybridized carbons (Fsp3) is 0.120. The number of methoxy groups -OCH3 is 1. The molecule has 0 aromatic heterocycles. The zero-order valence-electron chi connectivity index (χ0n) is 18.7. The molecule has 3 aromatic rings. The van der Waals surface area contributed by atoms with E-state index in [1.54, 1.807) is 18.2 Å². The highest BCUT2D eigenvalue weighted by Crippen LogP contribution is 2.36. The molecule has 2 amide bonds. The number of carbonyl (C=O) groups excluding carboxylic acids is 2. The van der Waals surface area contributed by atoms with Crippen molar-refractivity contribution in [3.63, 3.8) is 0 Å². The van der Waals surface area contributed by atoms with Crippen LogP contribution in [0.3, 0.4) is 0 Å². The maximum absolute atomic E-state index is 12.9. The van der Waals surface area contributed by atoms with Gasteiger partial charge in [-0.25, -0.2) is 0 Å². The molecule has 180 valence electrons. The van der Waals surface area contributed by atoms with Crippen molar-refractivity contribution in [2.45, 2.75) is 18.4 Å². The molecule has 7 nitrogen and oxygen atoms in total. The van der Waals surface area contributed by atoms with Gasteiger partial charge in [0.2, 0.25) is 0 Å². The van der Waals surface area contributed by atoms with Crippen LogP contribution in [0.1, 0.15) is 16.7 Å². The zero-order chi connectivity index (χ0) is 25.2. The molecule has 0 saturated carbocycles. The number of nitrogens with zero attached hydrogens (tertiary/aromatic N) is 1. The van der Waals surface area contributed by atoms with E-state index in [1.165, 1.54) is 42.4 Å². The quantitative estimate of drug-likeness (QED) is 0.262. The summed E-state index contributed by atoms with van der Waals surface area (Å²) in [6, 6.07) is 18.3. The first-order valence-corrected chi connectivity index (χ1v) is 13.4. The van der Waals surface area contributed by atoms with E-state index in [0.29, 0.717) is 5.56 Å². The maximum atomic E-state index is 12.9. The predicted molar refractivity (Wildman–Crippen MR) is 138 cm³/mol. The average Bonchev–Trinajstić information content (AvgIpc) is 3.08. The lowest BCUT2D eigenvalue weighted by atomic mass is 10.1. The van der Waals surface area contributed by atoms with Gasteiger partial charge >= 0.3 is 10.1 Å². The number of imide groups is 1. The van der Waals surface area contributed by atoms with Gasteiger partial charge in [0.25, 0.3) is 11.1 Å². The number of rotatable bonds is 7. The Kier molecular flexibility index (Phi) is 7.34. The Balaban J connectivity index is 1.60. The van der Waals surface area contributed by atoms with Crippen LogP contribution in [0.25, 0.3) is 6.08 Å². The molecule has 1 aliphatic rings. The predicted octanol–water partition coefficient (Wildman–Crippen LogP) is 5.77. The van der Waals surface area contributed by atoms with Gasteiger partial charge in [0.15, 0.2) is 11.5 Å². The van der Waals surface area contributed by atoms with E-state index in [9.17, 15) is 18.0 Å². The first-order chi connectivity index (χ1) is 16.7. The molecule has 1 heterocycles. The van der Waals surface area contributed by atoms with Gasteiger partial charge in [0.05, 0.1) is 18.6 Å². The molecule has 0 N–H and O–H groups in total. The SMILES string of the molecule is COc1ccc(/C=C2\SC(=O)N(Cc3ccccc3Br)C2=O)cc1OS(=O)(=O)c1ccc(C)cc1. The van der Waals surface area contributed by atoms with Gasteiger partial charge in [-0.2, -0.15) is 8.42 Å². The van der Waals surface area contributed by atoms with Crippen molar-refractivity contribution in [1.29, 1.82) is 0 Å². The minimum Gasteiger partial charge on any atom is -0.493 e. The second-order valence-corrected chi connectivity index (χ2v) is 11.0. The topological polar surface area (TPSA) is 90.0 Å². The third-order valence-electron chi connectivity index (χ3n) is 5.15. The van der Waals surface area contributed by atoms with E-state index < -0.39 is 16.0 Å². The minimum atomic E-state index is -4.11. The van der Waals surface area contributed by atoms with Gasteiger partial charge in [0.1, 0.15) is 4.90 Å². The molecule has 1 fully saturated rings. The lowest BCUT2D eigenvalue weighted by Crippen LogP contribution is -2.27. The van der Waals surface area contributed by atoms with Gasteiger partial charge in [-0.1, -0.05) is 57.9 Å². The van der Waals surface area contributed by atoms with Crippen molar-refractivity contribution in [3.8, 4) is 11.5 Å². The highest BCUT2D eigenvalue weighted by atomic mass is 79.9. The maximum Gasteiger partial charge on any atom is 0.339 e. The smallest absolute Gasteiger partial charge is 0.339 e. The van der Waals surface area contributed by atoms with Crippen LogP contribution in [0.5, 0.6) is 11.5 Å². The number of aryl methyl sites for hydroxylation is 1. The van der Waals surface area contributed by atoms with Gasteiger partial charge < -0.3 is 8.92 Å². The summed E-state index contributed by atoms with van der Waals surface area (Å²) in [7, 11) is -2.72. The fourth-order valence-corrected chi connectivity index (χ4v) is 5.48. The molecule has 1 saturated heterocycles. The van der Waals surface area contributed by atoms with Crippen LogP contribution in [0.15, 0.2) is 81.0 Å². The Hall–Kier alpha value is -3.08. The Morgan fingerprint density at radius 2 is 1.71 bits per heavy atom.